The van der Waals surface area contributed by atoms with Crippen LogP contribution in [0, 0.1) is 5.92 Å². The molecule has 3 nitrogen and oxygen atoms in total. The molecule has 3 atom stereocenters. The van der Waals surface area contributed by atoms with E-state index in [1.807, 2.05) is 19.1 Å². The monoisotopic (exact) mass is 294 g/mol. The molecule has 0 bridgehead atoms. The highest BCUT2D eigenvalue weighted by Gasteiger charge is 2.24. The minimum atomic E-state index is -0.184. The van der Waals surface area contributed by atoms with Crippen LogP contribution in [0.1, 0.15) is 39.5 Å². The number of hydrogen-bond acceptors (Lipinski definition) is 2. The maximum Gasteiger partial charge on any atom is 0.241 e. The molecule has 1 aromatic carbocycles. The van der Waals surface area contributed by atoms with Gasteiger partial charge in [0.15, 0.2) is 0 Å². The van der Waals surface area contributed by atoms with Gasteiger partial charge in [0.25, 0.3) is 0 Å². The highest BCUT2D eigenvalue weighted by atomic mass is 35.5. The molecule has 2 N–H and O–H groups in total. The molecule has 110 valence electrons. The summed E-state index contributed by atoms with van der Waals surface area (Å²) < 4.78 is 0. The first-order chi connectivity index (χ1) is 9.56. The van der Waals surface area contributed by atoms with Crippen LogP contribution in [0.25, 0.3) is 0 Å². The molecule has 1 amide bonds. The topological polar surface area (TPSA) is 41.1 Å². The molecule has 1 aromatic rings. The van der Waals surface area contributed by atoms with Crippen LogP contribution in [0.5, 0.6) is 0 Å². The van der Waals surface area contributed by atoms with Crippen molar-refractivity contribution in [2.45, 2.75) is 51.6 Å². The Morgan fingerprint density at radius 3 is 2.55 bits per heavy atom. The van der Waals surface area contributed by atoms with Gasteiger partial charge in [0.1, 0.15) is 0 Å². The third kappa shape index (κ3) is 4.22. The molecule has 4 heteroatoms. The standard InChI is InChI=1S/C16H23ClN2O/c1-11-5-3-4-6-15(11)18-12(2)16(20)19-14-9-7-13(17)8-10-14/h7-12,15,18H,3-6H2,1-2H3,(H,19,20)/t11-,12-,15-/m0/s1. The van der Waals surface area contributed by atoms with E-state index in [9.17, 15) is 4.79 Å². The van der Waals surface area contributed by atoms with Crippen LogP contribution in [-0.4, -0.2) is 18.0 Å². The van der Waals surface area contributed by atoms with Crippen molar-refractivity contribution in [3.8, 4) is 0 Å². The molecule has 0 aromatic heterocycles. The summed E-state index contributed by atoms with van der Waals surface area (Å²) in [6.07, 6.45) is 4.99. The normalized spacial score (nSPS) is 24.1. The summed E-state index contributed by atoms with van der Waals surface area (Å²) in [5, 5.41) is 7.05. The maximum absolute atomic E-state index is 12.2. The van der Waals surface area contributed by atoms with Crippen LogP contribution < -0.4 is 10.6 Å². The largest absolute Gasteiger partial charge is 0.325 e. The number of nitrogens with one attached hydrogen (secondary N) is 2. The van der Waals surface area contributed by atoms with Gasteiger partial charge in [0.05, 0.1) is 6.04 Å². The van der Waals surface area contributed by atoms with Crippen molar-refractivity contribution >= 4 is 23.2 Å². The average Bonchev–Trinajstić information content (AvgIpc) is 2.44. The van der Waals surface area contributed by atoms with Crippen LogP contribution >= 0.6 is 11.6 Å². The molecule has 1 aliphatic rings. The summed E-state index contributed by atoms with van der Waals surface area (Å²) in [6.45, 7) is 4.19. The van der Waals surface area contributed by atoms with Crippen molar-refractivity contribution in [1.82, 2.24) is 5.32 Å². The lowest BCUT2D eigenvalue weighted by Gasteiger charge is -2.31. The molecular weight excluding hydrogens is 272 g/mol. The first-order valence-electron chi connectivity index (χ1n) is 7.39. The molecule has 0 unspecified atom stereocenters. The number of benzene rings is 1. The van der Waals surface area contributed by atoms with Crippen molar-refractivity contribution in [3.05, 3.63) is 29.3 Å². The zero-order chi connectivity index (χ0) is 14.5. The lowest BCUT2D eigenvalue weighted by molar-refractivity contribution is -0.118. The fourth-order valence-electron chi connectivity index (χ4n) is 2.74. The van der Waals surface area contributed by atoms with Crippen LogP contribution in [0.3, 0.4) is 0 Å². The van der Waals surface area contributed by atoms with E-state index in [1.165, 1.54) is 25.7 Å². The fourth-order valence-corrected chi connectivity index (χ4v) is 2.87. The van der Waals surface area contributed by atoms with Gasteiger partial charge in [0.2, 0.25) is 5.91 Å². The number of anilines is 1. The second-order valence-electron chi connectivity index (χ2n) is 5.75. The van der Waals surface area contributed by atoms with Gasteiger partial charge in [-0.25, -0.2) is 0 Å². The Morgan fingerprint density at radius 1 is 1.25 bits per heavy atom. The van der Waals surface area contributed by atoms with Crippen molar-refractivity contribution in [2.24, 2.45) is 5.92 Å². The second kappa shape index (κ2) is 7.09. The highest BCUT2D eigenvalue weighted by Crippen LogP contribution is 2.24. The van der Waals surface area contributed by atoms with Crippen LogP contribution in [0.4, 0.5) is 5.69 Å². The number of halogens is 1. The zero-order valence-electron chi connectivity index (χ0n) is 12.2. The molecule has 1 aliphatic carbocycles. The van der Waals surface area contributed by atoms with E-state index in [1.54, 1.807) is 12.1 Å². The van der Waals surface area contributed by atoms with Gasteiger partial charge in [-0.05, 0) is 49.9 Å². The van der Waals surface area contributed by atoms with Crippen molar-refractivity contribution in [2.75, 3.05) is 5.32 Å². The van der Waals surface area contributed by atoms with Crippen molar-refractivity contribution < 1.29 is 4.79 Å². The smallest absolute Gasteiger partial charge is 0.241 e. The molecular formula is C16H23ClN2O. The van der Waals surface area contributed by atoms with Gasteiger partial charge >= 0.3 is 0 Å². The molecule has 2 rings (SSSR count). The second-order valence-corrected chi connectivity index (χ2v) is 6.19. The average molecular weight is 295 g/mol. The lowest BCUT2D eigenvalue weighted by atomic mass is 9.85. The molecule has 20 heavy (non-hydrogen) atoms. The Morgan fingerprint density at radius 2 is 1.90 bits per heavy atom. The number of carbonyl (C=O) groups excluding carboxylic acids is 1. The van der Waals surface area contributed by atoms with Crippen molar-refractivity contribution in [1.29, 1.82) is 0 Å². The molecule has 0 aliphatic heterocycles. The minimum absolute atomic E-state index is 0.00472. The number of carbonyl (C=O) groups is 1. The predicted octanol–water partition coefficient (Wildman–Crippen LogP) is 3.84. The van der Waals surface area contributed by atoms with E-state index in [2.05, 4.69) is 17.6 Å². The van der Waals surface area contributed by atoms with E-state index >= 15 is 0 Å². The fraction of sp³-hybridized carbons (Fsp3) is 0.562. The lowest BCUT2D eigenvalue weighted by Crippen LogP contribution is -2.47. The Bertz CT molecular complexity index is 446. The van der Waals surface area contributed by atoms with E-state index in [0.717, 1.165) is 5.69 Å². The van der Waals surface area contributed by atoms with Crippen LogP contribution in [0.15, 0.2) is 24.3 Å². The van der Waals surface area contributed by atoms with Gasteiger partial charge in [-0.15, -0.1) is 0 Å². The van der Waals surface area contributed by atoms with Gasteiger partial charge in [0, 0.05) is 16.8 Å². The number of hydrogen-bond donors (Lipinski definition) is 2. The minimum Gasteiger partial charge on any atom is -0.325 e. The number of rotatable bonds is 4. The van der Waals surface area contributed by atoms with Crippen molar-refractivity contribution in [3.63, 3.8) is 0 Å². The van der Waals surface area contributed by atoms with Gasteiger partial charge in [-0.1, -0.05) is 31.4 Å². The van der Waals surface area contributed by atoms with Gasteiger partial charge in [-0.2, -0.15) is 0 Å². The van der Waals surface area contributed by atoms with Gasteiger partial charge < -0.3 is 10.6 Å². The molecule has 1 fully saturated rings. The molecule has 0 saturated heterocycles. The Kier molecular flexibility index (Phi) is 5.44. The summed E-state index contributed by atoms with van der Waals surface area (Å²) in [4.78, 5) is 12.2. The SMILES string of the molecule is C[C@H](N[C@H]1CCCC[C@@H]1C)C(=O)Nc1ccc(Cl)cc1. The summed E-state index contributed by atoms with van der Waals surface area (Å²) in [5.74, 6) is 0.652. The number of amides is 1. The molecule has 0 spiro atoms. The third-order valence-electron chi connectivity index (χ3n) is 4.08. The van der Waals surface area contributed by atoms with E-state index < -0.39 is 0 Å². The summed E-state index contributed by atoms with van der Waals surface area (Å²) >= 11 is 5.83. The zero-order valence-corrected chi connectivity index (χ0v) is 12.9. The molecule has 1 saturated carbocycles. The third-order valence-corrected chi connectivity index (χ3v) is 4.33. The Labute approximate surface area is 126 Å². The van der Waals surface area contributed by atoms with E-state index in [0.29, 0.717) is 17.0 Å². The van der Waals surface area contributed by atoms with Crippen LogP contribution in [-0.2, 0) is 4.79 Å². The van der Waals surface area contributed by atoms with Crippen LogP contribution in [0.2, 0.25) is 5.02 Å². The maximum atomic E-state index is 12.2. The molecule has 0 heterocycles. The Hall–Kier alpha value is -1.06. The highest BCUT2D eigenvalue weighted by molar-refractivity contribution is 6.30. The predicted molar refractivity (Wildman–Crippen MR) is 84.1 cm³/mol. The summed E-state index contributed by atoms with van der Waals surface area (Å²) in [5.41, 5.74) is 0.782. The van der Waals surface area contributed by atoms with E-state index in [4.69, 9.17) is 11.6 Å². The summed E-state index contributed by atoms with van der Waals surface area (Å²) in [6, 6.07) is 7.45. The summed E-state index contributed by atoms with van der Waals surface area (Å²) in [7, 11) is 0. The first kappa shape index (κ1) is 15.3. The first-order valence-corrected chi connectivity index (χ1v) is 7.76. The quantitative estimate of drug-likeness (QED) is 0.886. The van der Waals surface area contributed by atoms with E-state index in [-0.39, 0.29) is 11.9 Å². The molecule has 0 radical (unpaired) electrons. The Balaban J connectivity index is 1.86. The van der Waals surface area contributed by atoms with Gasteiger partial charge in [-0.3, -0.25) is 4.79 Å².